The summed E-state index contributed by atoms with van der Waals surface area (Å²) < 4.78 is 10.7. The van der Waals surface area contributed by atoms with Crippen LogP contribution in [0.2, 0.25) is 0 Å². The molecule has 0 amide bonds. The molecule has 4 nitrogen and oxygen atoms in total. The molecule has 1 N–H and O–H groups in total. The van der Waals surface area contributed by atoms with E-state index in [2.05, 4.69) is 4.98 Å². The van der Waals surface area contributed by atoms with Crippen molar-refractivity contribution in [2.45, 2.75) is 13.2 Å². The number of thiazole rings is 1. The van der Waals surface area contributed by atoms with E-state index in [9.17, 15) is 0 Å². The third-order valence-electron chi connectivity index (χ3n) is 2.16. The average molecular weight is 251 g/mol. The smallest absolute Gasteiger partial charge is 0.140 e. The van der Waals surface area contributed by atoms with Gasteiger partial charge in [-0.05, 0) is 12.1 Å². The Morgan fingerprint density at radius 1 is 1.35 bits per heavy atom. The van der Waals surface area contributed by atoms with Crippen molar-refractivity contribution in [2.24, 2.45) is 0 Å². The molecule has 0 aliphatic heterocycles. The summed E-state index contributed by atoms with van der Waals surface area (Å²) in [4.78, 5) is 4.99. The molecule has 2 rings (SSSR count). The van der Waals surface area contributed by atoms with E-state index in [0.717, 1.165) is 21.4 Å². The molecule has 5 heteroatoms. The van der Waals surface area contributed by atoms with Crippen LogP contribution in [0.1, 0.15) is 9.88 Å². The molecule has 1 heterocycles. The fourth-order valence-electron chi connectivity index (χ4n) is 1.32. The highest BCUT2D eigenvalue weighted by Crippen LogP contribution is 2.21. The molecule has 0 atom stereocenters. The SMILES string of the molecule is COc1cccc(OCc2ncc(CO)s2)c1. The second kappa shape index (κ2) is 5.65. The number of rotatable bonds is 5. The second-order valence-electron chi connectivity index (χ2n) is 3.35. The molecule has 0 unspecified atom stereocenters. The molecule has 0 aliphatic rings. The zero-order chi connectivity index (χ0) is 12.1. The normalized spacial score (nSPS) is 10.2. The average Bonchev–Trinajstić information content (AvgIpc) is 2.84. The van der Waals surface area contributed by atoms with Gasteiger partial charge in [0.15, 0.2) is 0 Å². The van der Waals surface area contributed by atoms with Gasteiger partial charge in [0.2, 0.25) is 0 Å². The van der Waals surface area contributed by atoms with Crippen LogP contribution < -0.4 is 9.47 Å². The minimum absolute atomic E-state index is 0.0246. The van der Waals surface area contributed by atoms with E-state index in [4.69, 9.17) is 14.6 Å². The lowest BCUT2D eigenvalue weighted by Crippen LogP contribution is -1.94. The molecule has 0 saturated carbocycles. The summed E-state index contributed by atoms with van der Waals surface area (Å²) in [7, 11) is 1.62. The molecular formula is C12H13NO3S. The lowest BCUT2D eigenvalue weighted by Gasteiger charge is -2.05. The van der Waals surface area contributed by atoms with E-state index in [1.54, 1.807) is 13.3 Å². The molecular weight excluding hydrogens is 238 g/mol. The van der Waals surface area contributed by atoms with E-state index in [-0.39, 0.29) is 6.61 Å². The lowest BCUT2D eigenvalue weighted by molar-refractivity contribution is 0.285. The van der Waals surface area contributed by atoms with Gasteiger partial charge < -0.3 is 14.6 Å². The standard InChI is InChI=1S/C12H13NO3S/c1-15-9-3-2-4-10(5-9)16-8-12-13-6-11(7-14)17-12/h2-6,14H,7-8H2,1H3. The number of ether oxygens (including phenoxy) is 2. The zero-order valence-electron chi connectivity index (χ0n) is 9.42. The number of methoxy groups -OCH3 is 1. The van der Waals surface area contributed by atoms with Crippen molar-refractivity contribution in [3.63, 3.8) is 0 Å². The maximum atomic E-state index is 8.92. The number of benzene rings is 1. The van der Waals surface area contributed by atoms with Gasteiger partial charge in [0, 0.05) is 12.3 Å². The highest BCUT2D eigenvalue weighted by molar-refractivity contribution is 7.11. The van der Waals surface area contributed by atoms with Crippen LogP contribution in [0.4, 0.5) is 0 Å². The van der Waals surface area contributed by atoms with Gasteiger partial charge in [-0.15, -0.1) is 11.3 Å². The first-order valence-electron chi connectivity index (χ1n) is 5.13. The van der Waals surface area contributed by atoms with Crippen molar-refractivity contribution in [3.05, 3.63) is 40.3 Å². The van der Waals surface area contributed by atoms with Crippen molar-refractivity contribution in [1.29, 1.82) is 0 Å². The first-order valence-corrected chi connectivity index (χ1v) is 5.95. The first kappa shape index (κ1) is 11.9. The van der Waals surface area contributed by atoms with E-state index in [1.807, 2.05) is 24.3 Å². The van der Waals surface area contributed by atoms with Crippen molar-refractivity contribution in [2.75, 3.05) is 7.11 Å². The number of aromatic nitrogens is 1. The van der Waals surface area contributed by atoms with Crippen LogP contribution >= 0.6 is 11.3 Å². The Morgan fingerprint density at radius 2 is 2.18 bits per heavy atom. The summed E-state index contributed by atoms with van der Waals surface area (Å²) in [5.41, 5.74) is 0. The lowest BCUT2D eigenvalue weighted by atomic mass is 10.3. The maximum Gasteiger partial charge on any atom is 0.140 e. The van der Waals surface area contributed by atoms with Crippen LogP contribution in [0.15, 0.2) is 30.5 Å². The topological polar surface area (TPSA) is 51.6 Å². The quantitative estimate of drug-likeness (QED) is 0.885. The predicted octanol–water partition coefficient (Wildman–Crippen LogP) is 2.22. The number of aliphatic hydroxyl groups excluding tert-OH is 1. The monoisotopic (exact) mass is 251 g/mol. The van der Waals surface area contributed by atoms with Crippen molar-refractivity contribution in [3.8, 4) is 11.5 Å². The van der Waals surface area contributed by atoms with Crippen molar-refractivity contribution < 1.29 is 14.6 Å². The van der Waals surface area contributed by atoms with Gasteiger partial charge in [-0.3, -0.25) is 0 Å². The Hall–Kier alpha value is -1.59. The predicted molar refractivity (Wildman–Crippen MR) is 65.4 cm³/mol. The molecule has 2 aromatic rings. The number of hydrogen-bond acceptors (Lipinski definition) is 5. The van der Waals surface area contributed by atoms with Gasteiger partial charge in [0.1, 0.15) is 23.1 Å². The third kappa shape index (κ3) is 3.18. The molecule has 90 valence electrons. The van der Waals surface area contributed by atoms with Crippen LogP contribution in [0.25, 0.3) is 0 Å². The van der Waals surface area contributed by atoms with E-state index in [0.29, 0.717) is 6.61 Å². The number of hydrogen-bond donors (Lipinski definition) is 1. The highest BCUT2D eigenvalue weighted by Gasteiger charge is 2.02. The van der Waals surface area contributed by atoms with Gasteiger partial charge in [0.25, 0.3) is 0 Å². The van der Waals surface area contributed by atoms with Crippen LogP contribution in [0.3, 0.4) is 0 Å². The fraction of sp³-hybridized carbons (Fsp3) is 0.250. The van der Waals surface area contributed by atoms with Crippen molar-refractivity contribution >= 4 is 11.3 Å². The Balaban J connectivity index is 1.96. The summed E-state index contributed by atoms with van der Waals surface area (Å²) in [5, 5.41) is 9.76. The van der Waals surface area contributed by atoms with E-state index in [1.165, 1.54) is 11.3 Å². The number of aliphatic hydroxyl groups is 1. The highest BCUT2D eigenvalue weighted by atomic mass is 32.1. The Morgan fingerprint density at radius 3 is 2.88 bits per heavy atom. The summed E-state index contributed by atoms with van der Waals surface area (Å²) >= 11 is 1.44. The molecule has 0 fully saturated rings. The summed E-state index contributed by atoms with van der Waals surface area (Å²) in [6.45, 7) is 0.425. The van der Waals surface area contributed by atoms with Crippen LogP contribution in [0, 0.1) is 0 Å². The summed E-state index contributed by atoms with van der Waals surface area (Å²) in [5.74, 6) is 1.50. The first-order chi connectivity index (χ1) is 8.31. The molecule has 1 aromatic heterocycles. The van der Waals surface area contributed by atoms with E-state index >= 15 is 0 Å². The van der Waals surface area contributed by atoms with Crippen LogP contribution in [-0.2, 0) is 13.2 Å². The Bertz CT molecular complexity index is 484. The van der Waals surface area contributed by atoms with Crippen LogP contribution in [-0.4, -0.2) is 17.2 Å². The molecule has 0 bridgehead atoms. The maximum absolute atomic E-state index is 8.92. The zero-order valence-corrected chi connectivity index (χ0v) is 10.2. The molecule has 0 aliphatic carbocycles. The third-order valence-corrected chi connectivity index (χ3v) is 3.12. The van der Waals surface area contributed by atoms with Gasteiger partial charge in [-0.1, -0.05) is 6.07 Å². The second-order valence-corrected chi connectivity index (χ2v) is 4.55. The van der Waals surface area contributed by atoms with Gasteiger partial charge in [-0.25, -0.2) is 4.98 Å². The molecule has 17 heavy (non-hydrogen) atoms. The largest absolute Gasteiger partial charge is 0.497 e. The van der Waals surface area contributed by atoms with Crippen molar-refractivity contribution in [1.82, 2.24) is 4.98 Å². The number of nitrogens with zero attached hydrogens (tertiary/aromatic N) is 1. The molecule has 0 spiro atoms. The van der Waals surface area contributed by atoms with Crippen LogP contribution in [0.5, 0.6) is 11.5 Å². The minimum atomic E-state index is 0.0246. The summed E-state index contributed by atoms with van der Waals surface area (Å²) in [6.07, 6.45) is 1.66. The Kier molecular flexibility index (Phi) is 3.95. The fourth-order valence-corrected chi connectivity index (χ4v) is 2.02. The summed E-state index contributed by atoms with van der Waals surface area (Å²) in [6, 6.07) is 7.42. The minimum Gasteiger partial charge on any atom is -0.497 e. The van der Waals surface area contributed by atoms with Gasteiger partial charge >= 0.3 is 0 Å². The van der Waals surface area contributed by atoms with Gasteiger partial charge in [-0.2, -0.15) is 0 Å². The van der Waals surface area contributed by atoms with Gasteiger partial charge in [0.05, 0.1) is 18.6 Å². The molecule has 1 aromatic carbocycles. The van der Waals surface area contributed by atoms with E-state index < -0.39 is 0 Å². The Labute approximate surface area is 103 Å². The molecule has 0 radical (unpaired) electrons. The molecule has 0 saturated heterocycles.